The lowest BCUT2D eigenvalue weighted by Gasteiger charge is -2.34. The smallest absolute Gasteiger partial charge is 0.0632 e. The van der Waals surface area contributed by atoms with Gasteiger partial charge in [-0.3, -0.25) is 0 Å². The van der Waals surface area contributed by atoms with Gasteiger partial charge in [-0.25, -0.2) is 0 Å². The second kappa shape index (κ2) is 17.4. The molecule has 0 amide bonds. The summed E-state index contributed by atoms with van der Waals surface area (Å²) in [5.74, 6) is 1.05. The second-order valence-electron chi connectivity index (χ2n) is 15.8. The molecule has 0 saturated heterocycles. The van der Waals surface area contributed by atoms with Gasteiger partial charge in [0.1, 0.15) is 0 Å². The lowest BCUT2D eigenvalue weighted by atomic mass is 9.75. The normalized spacial score (nSPS) is 18.8. The predicted molar refractivity (Wildman–Crippen MR) is 251 cm³/mol. The van der Waals surface area contributed by atoms with E-state index in [2.05, 4.69) is 210 Å². The molecule has 4 aromatic carbocycles. The maximum absolute atomic E-state index is 4.29. The van der Waals surface area contributed by atoms with Crippen LogP contribution in [-0.2, 0) is 0 Å². The first kappa shape index (κ1) is 40.7. The van der Waals surface area contributed by atoms with Gasteiger partial charge in [0.05, 0.1) is 17.1 Å². The molecule has 1 aliphatic heterocycles. The summed E-state index contributed by atoms with van der Waals surface area (Å²) >= 11 is 3.53. The maximum atomic E-state index is 4.29. The van der Waals surface area contributed by atoms with Crippen molar-refractivity contribution < 1.29 is 0 Å². The SMILES string of the molecule is C=CC1=C(/C=C\C)C(C)(C)C2=CC3C(C=C21)c1cc(-c2ccccc2)ccc1N3c1ccc2c(c1)c1ccccc1n2C1=CC=CCC1.CC.CC(C)C.CS. The lowest BCUT2D eigenvalue weighted by Crippen LogP contribution is -2.31. The van der Waals surface area contributed by atoms with E-state index in [1.165, 1.54) is 77.9 Å². The molecule has 9 rings (SSSR count). The number of aromatic nitrogens is 1. The fraction of sp³-hybridized carbons (Fsp3) is 0.283. The highest BCUT2D eigenvalue weighted by Gasteiger charge is 2.46. The summed E-state index contributed by atoms with van der Waals surface area (Å²) < 4.78 is 2.48. The van der Waals surface area contributed by atoms with Crippen LogP contribution in [0.5, 0.6) is 0 Å². The topological polar surface area (TPSA) is 8.17 Å². The van der Waals surface area contributed by atoms with Crippen molar-refractivity contribution in [2.24, 2.45) is 11.3 Å². The molecule has 2 heterocycles. The van der Waals surface area contributed by atoms with E-state index in [1.807, 2.05) is 13.8 Å². The third kappa shape index (κ3) is 7.23. The number of hydrogen-bond acceptors (Lipinski definition) is 2. The van der Waals surface area contributed by atoms with Crippen molar-refractivity contribution in [1.29, 1.82) is 0 Å². The largest absolute Gasteiger partial charge is 0.333 e. The summed E-state index contributed by atoms with van der Waals surface area (Å²) in [5.41, 5.74) is 15.6. The van der Waals surface area contributed by atoms with Crippen LogP contribution in [0.15, 0.2) is 168 Å². The van der Waals surface area contributed by atoms with Crippen molar-refractivity contribution in [2.75, 3.05) is 11.2 Å². The van der Waals surface area contributed by atoms with E-state index in [0.717, 1.165) is 18.8 Å². The minimum atomic E-state index is -0.109. The minimum Gasteiger partial charge on any atom is -0.333 e. The average Bonchev–Trinajstić information content (AvgIpc) is 3.81. The summed E-state index contributed by atoms with van der Waals surface area (Å²) in [6.07, 6.45) is 22.2. The second-order valence-corrected chi connectivity index (χ2v) is 15.8. The molecular weight excluding hydrogens is 697 g/mol. The van der Waals surface area contributed by atoms with Gasteiger partial charge in [0.2, 0.25) is 0 Å². The van der Waals surface area contributed by atoms with Crippen LogP contribution in [0.2, 0.25) is 0 Å². The van der Waals surface area contributed by atoms with Crippen molar-refractivity contribution in [2.45, 2.75) is 80.2 Å². The van der Waals surface area contributed by atoms with Crippen molar-refractivity contribution in [1.82, 2.24) is 4.57 Å². The molecule has 0 N–H and O–H groups in total. The molecule has 2 unspecified atom stereocenters. The van der Waals surface area contributed by atoms with Crippen LogP contribution in [0.25, 0.3) is 38.6 Å². The molecule has 288 valence electrons. The van der Waals surface area contributed by atoms with Gasteiger partial charge in [-0.15, -0.1) is 0 Å². The monoisotopic (exact) mass is 756 g/mol. The van der Waals surface area contributed by atoms with Crippen LogP contribution < -0.4 is 4.90 Å². The summed E-state index contributed by atoms with van der Waals surface area (Å²) in [5, 5.41) is 2.61. The van der Waals surface area contributed by atoms with E-state index in [-0.39, 0.29) is 17.4 Å². The average molecular weight is 757 g/mol. The summed E-state index contributed by atoms with van der Waals surface area (Å²) in [7, 11) is 0. The third-order valence-corrected chi connectivity index (χ3v) is 11.1. The fourth-order valence-corrected chi connectivity index (χ4v) is 8.85. The number of allylic oxidation sites excluding steroid dienone is 11. The van der Waals surface area contributed by atoms with Crippen molar-refractivity contribution in [3.8, 4) is 11.1 Å². The number of anilines is 2. The van der Waals surface area contributed by atoms with Crippen LogP contribution in [0.1, 0.15) is 79.7 Å². The molecular formula is C53H60N2S. The number of thiol groups is 1. The van der Waals surface area contributed by atoms with E-state index in [1.54, 1.807) is 6.26 Å². The summed E-state index contributed by atoms with van der Waals surface area (Å²) in [4.78, 5) is 2.61. The summed E-state index contributed by atoms with van der Waals surface area (Å²) in [6, 6.07) is 34.1. The molecule has 1 aromatic heterocycles. The number of fused-ring (bicyclic) bond motifs is 7. The van der Waals surface area contributed by atoms with Crippen molar-refractivity contribution in [3.63, 3.8) is 0 Å². The molecule has 0 bridgehead atoms. The van der Waals surface area contributed by atoms with Crippen molar-refractivity contribution >= 4 is 51.5 Å². The van der Waals surface area contributed by atoms with E-state index in [0.29, 0.717) is 0 Å². The number of nitrogens with zero attached hydrogens (tertiary/aromatic N) is 2. The first-order valence-corrected chi connectivity index (χ1v) is 21.4. The Bertz CT molecular complexity index is 2400. The molecule has 2 nitrogen and oxygen atoms in total. The molecule has 0 saturated carbocycles. The summed E-state index contributed by atoms with van der Waals surface area (Å²) in [6.45, 7) is 21.6. The molecule has 5 aromatic rings. The van der Waals surface area contributed by atoms with Crippen molar-refractivity contribution in [3.05, 3.63) is 174 Å². The van der Waals surface area contributed by atoms with Gasteiger partial charge in [-0.1, -0.05) is 152 Å². The zero-order valence-corrected chi connectivity index (χ0v) is 35.9. The fourth-order valence-electron chi connectivity index (χ4n) is 8.85. The van der Waals surface area contributed by atoms with E-state index >= 15 is 0 Å². The molecule has 3 heteroatoms. The number of rotatable bonds is 5. The number of para-hydroxylation sites is 1. The Balaban J connectivity index is 0.000000618. The van der Waals surface area contributed by atoms with Crippen LogP contribution in [0, 0.1) is 11.3 Å². The van der Waals surface area contributed by atoms with E-state index < -0.39 is 0 Å². The highest BCUT2D eigenvalue weighted by molar-refractivity contribution is 7.79. The van der Waals surface area contributed by atoms with E-state index in [9.17, 15) is 0 Å². The van der Waals surface area contributed by atoms with Crippen LogP contribution in [0.4, 0.5) is 11.4 Å². The first-order chi connectivity index (χ1) is 27.2. The highest BCUT2D eigenvalue weighted by atomic mass is 32.1. The highest BCUT2D eigenvalue weighted by Crippen LogP contribution is 2.58. The quantitative estimate of drug-likeness (QED) is 0.176. The van der Waals surface area contributed by atoms with E-state index in [4.69, 9.17) is 0 Å². The van der Waals surface area contributed by atoms with Gasteiger partial charge < -0.3 is 9.47 Å². The van der Waals surface area contributed by atoms with Gasteiger partial charge in [0, 0.05) is 39.2 Å². The van der Waals surface area contributed by atoms with Gasteiger partial charge in [-0.2, -0.15) is 12.6 Å². The Morgan fingerprint density at radius 1 is 0.821 bits per heavy atom. The van der Waals surface area contributed by atoms with Gasteiger partial charge in [0.15, 0.2) is 0 Å². The van der Waals surface area contributed by atoms with Crippen LogP contribution >= 0.6 is 12.6 Å². The molecule has 3 aliphatic carbocycles. The number of hydrogen-bond donors (Lipinski definition) is 1. The predicted octanol–water partition coefficient (Wildman–Crippen LogP) is 15.5. The van der Waals surface area contributed by atoms with Crippen LogP contribution in [0.3, 0.4) is 0 Å². The van der Waals surface area contributed by atoms with Gasteiger partial charge >= 0.3 is 0 Å². The zero-order chi connectivity index (χ0) is 40.1. The van der Waals surface area contributed by atoms with Crippen LogP contribution in [-0.4, -0.2) is 16.9 Å². The maximum Gasteiger partial charge on any atom is 0.0632 e. The zero-order valence-electron chi connectivity index (χ0n) is 35.0. The molecule has 0 fully saturated rings. The lowest BCUT2D eigenvalue weighted by molar-refractivity contribution is 0.564. The Labute approximate surface area is 342 Å². The molecule has 56 heavy (non-hydrogen) atoms. The minimum absolute atomic E-state index is 0.109. The molecule has 2 atom stereocenters. The first-order valence-electron chi connectivity index (χ1n) is 20.5. The molecule has 0 radical (unpaired) electrons. The number of benzene rings is 4. The Kier molecular flexibility index (Phi) is 12.7. The Morgan fingerprint density at radius 3 is 2.20 bits per heavy atom. The van der Waals surface area contributed by atoms with Gasteiger partial charge in [-0.05, 0) is 113 Å². The van der Waals surface area contributed by atoms with Gasteiger partial charge in [0.25, 0.3) is 0 Å². The molecule has 4 aliphatic rings. The Hall–Kier alpha value is -4.99. The third-order valence-electron chi connectivity index (χ3n) is 11.1. The standard InChI is InChI=1S/C46H40N2.C4H10.C2H6.CH4S/c1-5-15-40-34(6-2)36-28-39-37-26-31(30-16-9-7-10-17-30)22-24-43(37)48(45(39)29-41(36)46(40,3)4)33-23-25-44-38(27-33)35-20-13-14-21-42(35)47(44)32-18-11-8-12-19-32;1-4(2)3;2*1-2/h5-11,13-18,20-29,39,45H,2,12,19H2,1,3-4H3;4H,1-3H3;1-2H3;2H,1H3/b15-5-;;;. The Morgan fingerprint density at radius 2 is 1.52 bits per heavy atom. The molecule has 0 spiro atoms.